The van der Waals surface area contributed by atoms with Crippen LogP contribution in [0.3, 0.4) is 0 Å². The molecule has 0 aliphatic carbocycles. The Hall–Kier alpha value is 1.09. The first-order valence-corrected chi connectivity index (χ1v) is 18.9. The van der Waals surface area contributed by atoms with E-state index >= 15 is 0 Å². The van der Waals surface area contributed by atoms with Gasteiger partial charge in [-0.2, -0.15) is 0 Å². The Labute approximate surface area is 318 Å². The van der Waals surface area contributed by atoms with Gasteiger partial charge >= 0.3 is 48.9 Å². The van der Waals surface area contributed by atoms with E-state index in [4.69, 9.17) is 23.2 Å². The Bertz CT molecular complexity index is 517. The van der Waals surface area contributed by atoms with E-state index < -0.39 is 11.9 Å². The number of alkyl halides is 2. The van der Waals surface area contributed by atoms with E-state index in [1.54, 1.807) is 0 Å². The summed E-state index contributed by atoms with van der Waals surface area (Å²) in [7, 11) is 0. The van der Waals surface area contributed by atoms with Crippen molar-refractivity contribution >= 4 is 84.0 Å². The van der Waals surface area contributed by atoms with E-state index in [-0.39, 0.29) is 61.7 Å². The summed E-state index contributed by atoms with van der Waals surface area (Å²) in [6.07, 6.45) is 34.5. The summed E-state index contributed by atoms with van der Waals surface area (Å²) < 4.78 is 0. The molecule has 0 saturated carbocycles. The first-order chi connectivity index (χ1) is 20.3. The van der Waals surface area contributed by atoms with Gasteiger partial charge in [-0.3, -0.25) is 0 Å². The van der Waals surface area contributed by atoms with Crippen LogP contribution in [0.1, 0.15) is 206 Å². The standard InChI is InChI=1S/2C18H35ClO2.Ba/c2*1-2-14-17(19)15-12-10-8-6-4-3-5-7-9-11-13-16-18(20)21;/h2*17H,2-16H2,1H3,(H,20,21);/q;;+2/p-2. The Morgan fingerprint density at radius 2 is 0.628 bits per heavy atom. The van der Waals surface area contributed by atoms with Crippen molar-refractivity contribution in [2.24, 2.45) is 0 Å². The van der Waals surface area contributed by atoms with Crippen molar-refractivity contribution in [3.63, 3.8) is 0 Å². The molecule has 0 rings (SSSR count). The van der Waals surface area contributed by atoms with Gasteiger partial charge in [0.25, 0.3) is 0 Å². The van der Waals surface area contributed by atoms with Gasteiger partial charge in [0, 0.05) is 22.7 Å². The minimum absolute atomic E-state index is 0. The Morgan fingerprint density at radius 3 is 0.837 bits per heavy atom. The fraction of sp³-hybridized carbons (Fsp3) is 0.944. The first kappa shape index (κ1) is 48.5. The fourth-order valence-electron chi connectivity index (χ4n) is 5.37. The number of hydrogen-bond donors (Lipinski definition) is 0. The molecule has 0 aromatic rings. The summed E-state index contributed by atoms with van der Waals surface area (Å²) in [5.41, 5.74) is 0. The van der Waals surface area contributed by atoms with Gasteiger partial charge in [-0.25, -0.2) is 0 Å². The molecular formula is C36H68BaCl2O4. The normalized spacial score (nSPS) is 12.2. The van der Waals surface area contributed by atoms with E-state index in [9.17, 15) is 19.8 Å². The van der Waals surface area contributed by atoms with Crippen molar-refractivity contribution in [3.05, 3.63) is 0 Å². The second-order valence-electron chi connectivity index (χ2n) is 12.4. The van der Waals surface area contributed by atoms with E-state index in [1.807, 2.05) is 0 Å². The summed E-state index contributed by atoms with van der Waals surface area (Å²) in [4.78, 5) is 20.5. The zero-order valence-corrected chi connectivity index (χ0v) is 34.4. The maximum atomic E-state index is 10.2. The summed E-state index contributed by atoms with van der Waals surface area (Å²) in [5.74, 6) is -1.82. The molecule has 0 saturated heterocycles. The fourth-order valence-corrected chi connectivity index (χ4v) is 6.11. The second-order valence-corrected chi connectivity index (χ2v) is 13.6. The van der Waals surface area contributed by atoms with Crippen LogP contribution in [0, 0.1) is 0 Å². The third kappa shape index (κ3) is 47.6. The molecule has 0 N–H and O–H groups in total. The molecule has 4 nitrogen and oxygen atoms in total. The summed E-state index contributed by atoms with van der Waals surface area (Å²) >= 11 is 12.4. The molecule has 0 spiro atoms. The van der Waals surface area contributed by atoms with Crippen LogP contribution in [0.5, 0.6) is 0 Å². The van der Waals surface area contributed by atoms with Crippen LogP contribution >= 0.6 is 23.2 Å². The first-order valence-electron chi connectivity index (χ1n) is 18.0. The van der Waals surface area contributed by atoms with Gasteiger partial charge in [-0.05, 0) is 51.4 Å². The van der Waals surface area contributed by atoms with Crippen molar-refractivity contribution in [1.29, 1.82) is 0 Å². The van der Waals surface area contributed by atoms with E-state index in [0.29, 0.717) is 10.8 Å². The number of unbranched alkanes of at least 4 members (excludes halogenated alkanes) is 20. The molecule has 0 aromatic heterocycles. The number of carbonyl (C=O) groups is 2. The average Bonchev–Trinajstić information content (AvgIpc) is 2.94. The molecule has 0 heterocycles. The van der Waals surface area contributed by atoms with Crippen molar-refractivity contribution in [2.45, 2.75) is 217 Å². The Balaban J connectivity index is -0.000000727. The van der Waals surface area contributed by atoms with Gasteiger partial charge < -0.3 is 19.8 Å². The van der Waals surface area contributed by atoms with Gasteiger partial charge in [0.2, 0.25) is 0 Å². The zero-order valence-electron chi connectivity index (χ0n) is 28.5. The third-order valence-electron chi connectivity index (χ3n) is 8.00. The molecule has 0 aliphatic rings. The van der Waals surface area contributed by atoms with Crippen LogP contribution in [-0.4, -0.2) is 71.6 Å². The van der Waals surface area contributed by atoms with Crippen LogP contribution in [0.25, 0.3) is 0 Å². The molecule has 0 bridgehead atoms. The Kier molecular flexibility index (Phi) is 46.4. The van der Waals surface area contributed by atoms with Gasteiger partial charge in [0.05, 0.1) is 0 Å². The van der Waals surface area contributed by atoms with Crippen LogP contribution in [0.15, 0.2) is 0 Å². The number of carbonyl (C=O) groups excluding carboxylic acids is 2. The molecule has 0 fully saturated rings. The smallest absolute Gasteiger partial charge is 0.550 e. The quantitative estimate of drug-likeness (QED) is 0.0388. The van der Waals surface area contributed by atoms with E-state index in [2.05, 4.69) is 13.8 Å². The predicted molar refractivity (Wildman–Crippen MR) is 185 cm³/mol. The van der Waals surface area contributed by atoms with Gasteiger partial charge in [-0.15, -0.1) is 23.2 Å². The number of carboxylic acids is 2. The molecular weight excluding hydrogens is 705 g/mol. The number of rotatable bonds is 32. The zero-order chi connectivity index (χ0) is 31.5. The van der Waals surface area contributed by atoms with Gasteiger partial charge in [0.15, 0.2) is 0 Å². The van der Waals surface area contributed by atoms with Crippen molar-refractivity contribution in [1.82, 2.24) is 0 Å². The summed E-state index contributed by atoms with van der Waals surface area (Å²) in [6, 6.07) is 0. The molecule has 0 aliphatic heterocycles. The summed E-state index contributed by atoms with van der Waals surface area (Å²) in [5, 5.41) is 21.3. The minimum Gasteiger partial charge on any atom is -0.550 e. The number of aliphatic carboxylic acids is 2. The van der Waals surface area contributed by atoms with E-state index in [1.165, 1.54) is 141 Å². The predicted octanol–water partition coefficient (Wildman–Crippen LogP) is 10.0. The van der Waals surface area contributed by atoms with Crippen LogP contribution in [0.4, 0.5) is 0 Å². The Morgan fingerprint density at radius 1 is 0.419 bits per heavy atom. The van der Waals surface area contributed by atoms with Crippen molar-refractivity contribution < 1.29 is 19.8 Å². The molecule has 7 heteroatoms. The number of hydrogen-bond acceptors (Lipinski definition) is 4. The second kappa shape index (κ2) is 41.1. The molecule has 0 aromatic carbocycles. The average molecular weight is 773 g/mol. The van der Waals surface area contributed by atoms with Crippen molar-refractivity contribution in [3.8, 4) is 0 Å². The molecule has 252 valence electrons. The maximum Gasteiger partial charge on any atom is 2.00 e. The molecule has 0 radical (unpaired) electrons. The molecule has 2 atom stereocenters. The molecule has 43 heavy (non-hydrogen) atoms. The molecule has 0 amide bonds. The third-order valence-corrected chi connectivity index (χ3v) is 8.87. The molecule has 2 unspecified atom stereocenters. The number of carboxylic acid groups (broad SMARTS) is 2. The van der Waals surface area contributed by atoms with Crippen LogP contribution in [0.2, 0.25) is 0 Å². The largest absolute Gasteiger partial charge is 2.00 e. The van der Waals surface area contributed by atoms with Gasteiger partial charge in [0.1, 0.15) is 0 Å². The summed E-state index contributed by atoms with van der Waals surface area (Å²) in [6.45, 7) is 4.39. The van der Waals surface area contributed by atoms with Crippen molar-refractivity contribution in [2.75, 3.05) is 0 Å². The monoisotopic (exact) mass is 772 g/mol. The topological polar surface area (TPSA) is 80.3 Å². The minimum atomic E-state index is -0.912. The van der Waals surface area contributed by atoms with Gasteiger partial charge in [-0.1, -0.05) is 155 Å². The van der Waals surface area contributed by atoms with E-state index in [0.717, 1.165) is 38.5 Å². The SMILES string of the molecule is CCCC(Cl)CCCCCCCCCCCCCC(=O)[O-].CCCC(Cl)CCCCCCCCCCCCCC(=O)[O-].[Ba+2]. The van der Waals surface area contributed by atoms with Crippen LogP contribution in [-0.2, 0) is 9.59 Å². The maximum absolute atomic E-state index is 10.2. The number of halogens is 2. The van der Waals surface area contributed by atoms with Crippen LogP contribution < -0.4 is 10.2 Å².